The lowest BCUT2D eigenvalue weighted by atomic mass is 10.2. The Morgan fingerprint density at radius 3 is 2.47 bits per heavy atom. The van der Waals surface area contributed by atoms with Gasteiger partial charge in [-0.05, 0) is 38.1 Å². The summed E-state index contributed by atoms with van der Waals surface area (Å²) in [6, 6.07) is 6.18. The van der Waals surface area contributed by atoms with E-state index in [1.54, 1.807) is 26.0 Å². The number of carbonyl (C=O) groups excluding carboxylic acids is 3. The maximum absolute atomic E-state index is 12.5. The number of thiazole rings is 1. The van der Waals surface area contributed by atoms with Gasteiger partial charge in [-0.3, -0.25) is 25.8 Å². The smallest absolute Gasteiger partial charge is 0.411 e. The van der Waals surface area contributed by atoms with Gasteiger partial charge in [0.15, 0.2) is 5.13 Å². The lowest BCUT2D eigenvalue weighted by Crippen LogP contribution is -2.41. The molecule has 1 aromatic heterocycles. The van der Waals surface area contributed by atoms with Crippen LogP contribution >= 0.6 is 11.3 Å². The van der Waals surface area contributed by atoms with Crippen LogP contribution in [0.25, 0.3) is 0 Å². The summed E-state index contributed by atoms with van der Waals surface area (Å²) in [6.45, 7) is 6.44. The molecule has 0 bridgehead atoms. The second kappa shape index (κ2) is 10.0. The highest BCUT2D eigenvalue weighted by molar-refractivity contribution is 7.17. The zero-order valence-electron chi connectivity index (χ0n) is 16.7. The van der Waals surface area contributed by atoms with Gasteiger partial charge in [0.25, 0.3) is 11.8 Å². The van der Waals surface area contributed by atoms with Gasteiger partial charge in [0.2, 0.25) is 0 Å². The van der Waals surface area contributed by atoms with E-state index in [0.29, 0.717) is 35.0 Å². The number of anilines is 2. The molecule has 10 nitrogen and oxygen atoms in total. The Morgan fingerprint density at radius 1 is 1.13 bits per heavy atom. The lowest BCUT2D eigenvalue weighted by molar-refractivity contribution is 0.0848. The maximum atomic E-state index is 12.5. The van der Waals surface area contributed by atoms with Crippen molar-refractivity contribution in [3.63, 3.8) is 0 Å². The van der Waals surface area contributed by atoms with Gasteiger partial charge in [0.1, 0.15) is 4.88 Å². The van der Waals surface area contributed by atoms with Crippen LogP contribution in [0.3, 0.4) is 0 Å². The number of hydrogen-bond acceptors (Lipinski definition) is 8. The fourth-order valence-electron chi connectivity index (χ4n) is 2.72. The number of nitrogens with zero attached hydrogens (tertiary/aromatic N) is 2. The summed E-state index contributed by atoms with van der Waals surface area (Å²) < 4.78 is 10.1. The molecule has 0 radical (unpaired) electrons. The molecule has 0 spiro atoms. The van der Waals surface area contributed by atoms with Crippen LogP contribution in [-0.4, -0.2) is 55.8 Å². The van der Waals surface area contributed by atoms with Crippen LogP contribution < -0.4 is 21.1 Å². The van der Waals surface area contributed by atoms with Crippen LogP contribution in [0.15, 0.2) is 24.3 Å². The first kappa shape index (κ1) is 21.5. The van der Waals surface area contributed by atoms with E-state index >= 15 is 0 Å². The van der Waals surface area contributed by atoms with Gasteiger partial charge in [-0.25, -0.2) is 9.78 Å². The normalized spacial score (nSPS) is 13.5. The third kappa shape index (κ3) is 5.45. The molecule has 1 aliphatic rings. The molecule has 0 unspecified atom stereocenters. The highest BCUT2D eigenvalue weighted by Crippen LogP contribution is 2.26. The van der Waals surface area contributed by atoms with E-state index in [1.807, 2.05) is 0 Å². The third-order valence-electron chi connectivity index (χ3n) is 4.23. The van der Waals surface area contributed by atoms with Crippen molar-refractivity contribution in [3.05, 3.63) is 40.4 Å². The number of aryl methyl sites for hydroxylation is 1. The summed E-state index contributed by atoms with van der Waals surface area (Å²) in [6.07, 6.45) is -0.571. The van der Waals surface area contributed by atoms with E-state index in [2.05, 4.69) is 26.1 Å². The molecule has 3 N–H and O–H groups in total. The first-order valence-electron chi connectivity index (χ1n) is 9.42. The molecule has 30 heavy (non-hydrogen) atoms. The van der Waals surface area contributed by atoms with E-state index in [-0.39, 0.29) is 6.61 Å². The molecule has 0 atom stereocenters. The molecule has 3 rings (SSSR count). The van der Waals surface area contributed by atoms with Crippen molar-refractivity contribution >= 4 is 40.1 Å². The van der Waals surface area contributed by atoms with Crippen molar-refractivity contribution in [2.24, 2.45) is 0 Å². The summed E-state index contributed by atoms with van der Waals surface area (Å²) in [5.41, 5.74) is 6.21. The number of rotatable bonds is 5. The number of morpholine rings is 1. The second-order valence-corrected chi connectivity index (χ2v) is 7.32. The Balaban J connectivity index is 1.55. The van der Waals surface area contributed by atoms with Crippen LogP contribution in [0.2, 0.25) is 0 Å². The molecule has 2 heterocycles. The molecule has 1 aromatic carbocycles. The summed E-state index contributed by atoms with van der Waals surface area (Å²) in [5, 5.41) is 3.30. The molecular formula is C19H23N5O5S. The molecule has 1 saturated heterocycles. The van der Waals surface area contributed by atoms with E-state index in [4.69, 9.17) is 9.47 Å². The van der Waals surface area contributed by atoms with Gasteiger partial charge in [-0.1, -0.05) is 11.3 Å². The summed E-state index contributed by atoms with van der Waals surface area (Å²) in [7, 11) is 0. The zero-order valence-corrected chi connectivity index (χ0v) is 17.5. The summed E-state index contributed by atoms with van der Waals surface area (Å²) in [4.78, 5) is 43.1. The van der Waals surface area contributed by atoms with Crippen LogP contribution in [0, 0.1) is 6.92 Å². The molecule has 160 valence electrons. The van der Waals surface area contributed by atoms with Crippen molar-refractivity contribution in [3.8, 4) is 0 Å². The quantitative estimate of drug-likeness (QED) is 0.616. The molecular weight excluding hydrogens is 410 g/mol. The van der Waals surface area contributed by atoms with Gasteiger partial charge in [0.05, 0.1) is 25.5 Å². The van der Waals surface area contributed by atoms with E-state index in [0.717, 1.165) is 18.2 Å². The number of nitrogens with one attached hydrogen (secondary N) is 3. The third-order valence-corrected chi connectivity index (χ3v) is 5.45. The average Bonchev–Trinajstić information content (AvgIpc) is 3.15. The number of hydrazine groups is 1. The monoisotopic (exact) mass is 433 g/mol. The first-order chi connectivity index (χ1) is 14.5. The van der Waals surface area contributed by atoms with Gasteiger partial charge >= 0.3 is 6.09 Å². The van der Waals surface area contributed by atoms with Crippen LogP contribution in [0.5, 0.6) is 0 Å². The molecule has 3 amide bonds. The average molecular weight is 433 g/mol. The van der Waals surface area contributed by atoms with Crippen molar-refractivity contribution in [2.75, 3.05) is 43.1 Å². The SMILES string of the molecule is CCOC(=O)Nc1ccc(C(=O)NNC(=O)c2sc(N3CCOCC3)nc2C)cc1. The number of benzene rings is 1. The number of ether oxygens (including phenoxy) is 2. The van der Waals surface area contributed by atoms with E-state index < -0.39 is 17.9 Å². The maximum Gasteiger partial charge on any atom is 0.411 e. The molecule has 2 aromatic rings. The minimum absolute atomic E-state index is 0.263. The Hall–Kier alpha value is -3.18. The molecule has 1 aliphatic heterocycles. The number of hydrogen-bond donors (Lipinski definition) is 3. The Kier molecular flexibility index (Phi) is 7.20. The van der Waals surface area contributed by atoms with Crippen molar-refractivity contribution in [2.45, 2.75) is 13.8 Å². The van der Waals surface area contributed by atoms with Gasteiger partial charge in [-0.2, -0.15) is 0 Å². The van der Waals surface area contributed by atoms with Crippen molar-refractivity contribution in [1.29, 1.82) is 0 Å². The zero-order chi connectivity index (χ0) is 21.5. The number of carbonyl (C=O) groups is 3. The molecule has 11 heteroatoms. The second-order valence-electron chi connectivity index (χ2n) is 6.34. The lowest BCUT2D eigenvalue weighted by Gasteiger charge is -2.25. The number of amides is 3. The summed E-state index contributed by atoms with van der Waals surface area (Å²) in [5.74, 6) is -0.917. The number of aromatic nitrogens is 1. The van der Waals surface area contributed by atoms with E-state index in [1.165, 1.54) is 23.5 Å². The highest BCUT2D eigenvalue weighted by atomic mass is 32.1. The predicted octanol–water partition coefficient (Wildman–Crippen LogP) is 1.93. The van der Waals surface area contributed by atoms with Crippen LogP contribution in [0.1, 0.15) is 32.6 Å². The first-order valence-corrected chi connectivity index (χ1v) is 10.2. The molecule has 1 fully saturated rings. The summed E-state index contributed by atoms with van der Waals surface area (Å²) >= 11 is 1.28. The predicted molar refractivity (Wildman–Crippen MR) is 112 cm³/mol. The Bertz CT molecular complexity index is 909. The van der Waals surface area contributed by atoms with Crippen molar-refractivity contribution < 1.29 is 23.9 Å². The molecule has 0 aliphatic carbocycles. The minimum atomic E-state index is -0.571. The van der Waals surface area contributed by atoms with Crippen LogP contribution in [0.4, 0.5) is 15.6 Å². The molecule has 0 saturated carbocycles. The van der Waals surface area contributed by atoms with Gasteiger partial charge in [-0.15, -0.1) is 0 Å². The van der Waals surface area contributed by atoms with Gasteiger partial charge < -0.3 is 14.4 Å². The fraction of sp³-hybridized carbons (Fsp3) is 0.368. The van der Waals surface area contributed by atoms with Crippen molar-refractivity contribution in [1.82, 2.24) is 15.8 Å². The van der Waals surface area contributed by atoms with Gasteiger partial charge in [0, 0.05) is 24.3 Å². The Labute approximate surface area is 177 Å². The topological polar surface area (TPSA) is 122 Å². The van der Waals surface area contributed by atoms with E-state index in [9.17, 15) is 14.4 Å². The highest BCUT2D eigenvalue weighted by Gasteiger charge is 2.21. The van der Waals surface area contributed by atoms with Crippen LogP contribution in [-0.2, 0) is 9.47 Å². The largest absolute Gasteiger partial charge is 0.450 e. The minimum Gasteiger partial charge on any atom is -0.450 e. The Morgan fingerprint density at radius 2 is 1.80 bits per heavy atom. The fourth-order valence-corrected chi connectivity index (χ4v) is 3.73. The standard InChI is InChI=1S/C19H23N5O5S/c1-3-29-19(27)21-14-6-4-13(5-7-14)16(25)22-23-17(26)15-12(2)20-18(30-15)24-8-10-28-11-9-24/h4-7H,3,8-11H2,1-2H3,(H,21,27)(H,22,25)(H,23,26).